The van der Waals surface area contributed by atoms with Crippen molar-refractivity contribution in [3.05, 3.63) is 41.5 Å². The number of ether oxygens (including phenoxy) is 1. The van der Waals surface area contributed by atoms with Gasteiger partial charge in [0.15, 0.2) is 0 Å². The van der Waals surface area contributed by atoms with Gasteiger partial charge in [0.25, 0.3) is 0 Å². The van der Waals surface area contributed by atoms with E-state index in [-0.39, 0.29) is 0 Å². The average molecular weight is 289 g/mol. The molecule has 0 spiro atoms. The van der Waals surface area contributed by atoms with Crippen LogP contribution in [0.4, 0.5) is 0 Å². The molecule has 0 aliphatic rings. The largest absolute Gasteiger partial charge is 0.489 e. The van der Waals surface area contributed by atoms with Gasteiger partial charge >= 0.3 is 0 Å². The summed E-state index contributed by atoms with van der Waals surface area (Å²) in [4.78, 5) is 0. The highest BCUT2D eigenvalue weighted by Crippen LogP contribution is 2.34. The fraction of sp³-hybridized carbons (Fsp3) is 0.579. The molecule has 0 atom stereocenters. The van der Waals surface area contributed by atoms with Crippen LogP contribution in [0.5, 0.6) is 5.75 Å². The van der Waals surface area contributed by atoms with Crippen LogP contribution >= 0.6 is 0 Å². The Morgan fingerprint density at radius 3 is 2.00 bits per heavy atom. The van der Waals surface area contributed by atoms with Crippen molar-refractivity contribution in [2.75, 3.05) is 13.2 Å². The molecular formula is C19H31NO. The molecule has 0 amide bonds. The molecule has 0 aromatic heterocycles. The Morgan fingerprint density at radius 2 is 1.57 bits per heavy atom. The van der Waals surface area contributed by atoms with Crippen molar-refractivity contribution in [1.82, 2.24) is 5.32 Å². The Hall–Kier alpha value is -1.28. The minimum absolute atomic E-state index is 0.459. The summed E-state index contributed by atoms with van der Waals surface area (Å²) in [6, 6.07) is 6.94. The van der Waals surface area contributed by atoms with E-state index in [1.807, 2.05) is 0 Å². The third-order valence-corrected chi connectivity index (χ3v) is 3.50. The topological polar surface area (TPSA) is 21.3 Å². The fourth-order valence-corrected chi connectivity index (χ4v) is 2.22. The van der Waals surface area contributed by atoms with Gasteiger partial charge in [-0.2, -0.15) is 0 Å². The summed E-state index contributed by atoms with van der Waals surface area (Å²) < 4.78 is 6.15. The zero-order chi connectivity index (χ0) is 16.0. The second kappa shape index (κ2) is 8.23. The third kappa shape index (κ3) is 5.55. The van der Waals surface area contributed by atoms with Gasteiger partial charge < -0.3 is 10.1 Å². The van der Waals surface area contributed by atoms with E-state index in [1.54, 1.807) is 0 Å². The number of nitrogens with one attached hydrogen (secondary N) is 1. The molecule has 0 aliphatic heterocycles. The molecule has 21 heavy (non-hydrogen) atoms. The molecule has 1 aromatic carbocycles. The first kappa shape index (κ1) is 17.8. The molecule has 0 heterocycles. The van der Waals surface area contributed by atoms with Crippen molar-refractivity contribution in [2.45, 2.75) is 59.4 Å². The van der Waals surface area contributed by atoms with Crippen molar-refractivity contribution in [3.63, 3.8) is 0 Å². The normalized spacial score (nSPS) is 11.5. The van der Waals surface area contributed by atoms with Gasteiger partial charge in [-0.15, -0.1) is 0 Å². The lowest BCUT2D eigenvalue weighted by Crippen LogP contribution is -2.26. The van der Waals surface area contributed by atoms with Gasteiger partial charge in [-0.05, 0) is 28.5 Å². The van der Waals surface area contributed by atoms with Crippen LogP contribution in [0.15, 0.2) is 30.4 Å². The number of rotatable bonds is 8. The van der Waals surface area contributed by atoms with Gasteiger partial charge in [-0.1, -0.05) is 66.3 Å². The van der Waals surface area contributed by atoms with Crippen molar-refractivity contribution in [3.8, 4) is 5.75 Å². The molecule has 0 bridgehead atoms. The van der Waals surface area contributed by atoms with Crippen molar-refractivity contribution < 1.29 is 4.74 Å². The zero-order valence-corrected chi connectivity index (χ0v) is 14.5. The number of hydrogen-bond acceptors (Lipinski definition) is 2. The maximum Gasteiger partial charge on any atom is 0.126 e. The quantitative estimate of drug-likeness (QED) is 0.690. The summed E-state index contributed by atoms with van der Waals surface area (Å²) >= 11 is 0. The number of para-hydroxylation sites is 1. The van der Waals surface area contributed by atoms with E-state index >= 15 is 0 Å². The van der Waals surface area contributed by atoms with Crippen LogP contribution in [0, 0.1) is 0 Å². The maximum atomic E-state index is 6.15. The van der Waals surface area contributed by atoms with Crippen LogP contribution in [-0.2, 0) is 0 Å². The predicted molar refractivity (Wildman–Crippen MR) is 92.4 cm³/mol. The van der Waals surface area contributed by atoms with E-state index in [0.29, 0.717) is 24.5 Å². The lowest BCUT2D eigenvalue weighted by atomic mass is 9.94. The summed E-state index contributed by atoms with van der Waals surface area (Å²) in [5.41, 5.74) is 3.65. The van der Waals surface area contributed by atoms with E-state index in [0.717, 1.165) is 17.9 Å². The predicted octanol–water partition coefficient (Wildman–Crippen LogP) is 4.87. The first-order chi connectivity index (χ1) is 9.82. The minimum atomic E-state index is 0.459. The first-order valence-electron chi connectivity index (χ1n) is 7.98. The van der Waals surface area contributed by atoms with Crippen LogP contribution in [-0.4, -0.2) is 19.2 Å². The highest BCUT2D eigenvalue weighted by atomic mass is 16.5. The van der Waals surface area contributed by atoms with E-state index in [4.69, 9.17) is 4.74 Å². The molecule has 0 aliphatic carbocycles. The second-order valence-electron chi connectivity index (χ2n) is 6.65. The Labute approximate surface area is 130 Å². The Morgan fingerprint density at radius 1 is 1.05 bits per heavy atom. The molecule has 1 rings (SSSR count). The van der Waals surface area contributed by atoms with Gasteiger partial charge in [-0.3, -0.25) is 0 Å². The lowest BCUT2D eigenvalue weighted by Gasteiger charge is -2.21. The van der Waals surface area contributed by atoms with Crippen LogP contribution in [0.3, 0.4) is 0 Å². The number of hydrogen-bond donors (Lipinski definition) is 1. The molecule has 1 aromatic rings. The van der Waals surface area contributed by atoms with Gasteiger partial charge in [0.1, 0.15) is 12.4 Å². The Kier molecular flexibility index (Phi) is 6.97. The summed E-state index contributed by atoms with van der Waals surface area (Å²) in [5, 5.41) is 3.38. The van der Waals surface area contributed by atoms with Crippen LogP contribution in [0.2, 0.25) is 0 Å². The fourth-order valence-electron chi connectivity index (χ4n) is 2.22. The van der Waals surface area contributed by atoms with E-state index in [9.17, 15) is 0 Å². The Bertz CT molecular complexity index is 434. The second-order valence-corrected chi connectivity index (χ2v) is 6.65. The molecule has 0 saturated heterocycles. The highest BCUT2D eigenvalue weighted by Gasteiger charge is 2.15. The van der Waals surface area contributed by atoms with Crippen molar-refractivity contribution >= 4 is 0 Å². The summed E-state index contributed by atoms with van der Waals surface area (Å²) in [6.07, 6.45) is 0. The molecule has 0 unspecified atom stereocenters. The molecule has 0 radical (unpaired) electrons. The Balaban J connectivity index is 2.83. The molecule has 118 valence electrons. The summed E-state index contributed by atoms with van der Waals surface area (Å²) in [5.74, 6) is 1.97. The zero-order valence-electron chi connectivity index (χ0n) is 14.5. The first-order valence-corrected chi connectivity index (χ1v) is 7.98. The molecule has 1 N–H and O–H groups in total. The summed E-state index contributed by atoms with van der Waals surface area (Å²) in [6.45, 7) is 18.6. The third-order valence-electron chi connectivity index (χ3n) is 3.50. The monoisotopic (exact) mass is 289 g/mol. The molecule has 0 fully saturated rings. The minimum Gasteiger partial charge on any atom is -0.489 e. The van der Waals surface area contributed by atoms with Crippen molar-refractivity contribution in [1.29, 1.82) is 0 Å². The average Bonchev–Trinajstić information content (AvgIpc) is 2.42. The van der Waals surface area contributed by atoms with Gasteiger partial charge in [0.2, 0.25) is 0 Å². The molecule has 0 saturated carbocycles. The molecule has 2 heteroatoms. The van der Waals surface area contributed by atoms with Crippen LogP contribution in [0.1, 0.15) is 64.5 Å². The maximum absolute atomic E-state index is 6.15. The van der Waals surface area contributed by atoms with Crippen LogP contribution < -0.4 is 10.1 Å². The summed E-state index contributed by atoms with van der Waals surface area (Å²) in [7, 11) is 0. The van der Waals surface area contributed by atoms with Gasteiger partial charge in [-0.25, -0.2) is 0 Å². The molecular weight excluding hydrogens is 258 g/mol. The number of benzene rings is 1. The smallest absolute Gasteiger partial charge is 0.126 e. The van der Waals surface area contributed by atoms with E-state index in [1.165, 1.54) is 11.1 Å². The van der Waals surface area contributed by atoms with Gasteiger partial charge in [0, 0.05) is 12.6 Å². The van der Waals surface area contributed by atoms with E-state index in [2.05, 4.69) is 71.6 Å². The van der Waals surface area contributed by atoms with Gasteiger partial charge in [0.05, 0.1) is 0 Å². The van der Waals surface area contributed by atoms with E-state index < -0.39 is 0 Å². The molecule has 2 nitrogen and oxygen atoms in total. The van der Waals surface area contributed by atoms with Crippen molar-refractivity contribution in [2.24, 2.45) is 0 Å². The lowest BCUT2D eigenvalue weighted by molar-refractivity contribution is 0.337. The SMILES string of the molecule is C=C(CNC(C)C)COc1c(C(C)C)cccc1C(C)C. The standard InChI is InChI=1S/C19H31NO/c1-13(2)17-9-8-10-18(14(3)4)19(17)21-12-16(7)11-20-15(5)6/h8-10,13-15,20H,7,11-12H2,1-6H3. The van der Waals surface area contributed by atoms with Crippen LogP contribution in [0.25, 0.3) is 0 Å². The highest BCUT2D eigenvalue weighted by molar-refractivity contribution is 5.45.